The van der Waals surface area contributed by atoms with E-state index in [-0.39, 0.29) is 12.3 Å². The van der Waals surface area contributed by atoms with Gasteiger partial charge in [0.25, 0.3) is 5.69 Å². The average Bonchev–Trinajstić information content (AvgIpc) is 2.26. The summed E-state index contributed by atoms with van der Waals surface area (Å²) in [4.78, 5) is 10.1. The Balaban J connectivity index is 2.47. The second kappa shape index (κ2) is 4.30. The third kappa shape index (κ3) is 2.59. The molecular formula is C10H10N2O5S. The maximum absolute atomic E-state index is 11.2. The molecular weight excluding hydrogens is 260 g/mol. The number of nitrogens with zero attached hydrogens (tertiary/aromatic N) is 1. The van der Waals surface area contributed by atoms with Crippen LogP contribution in [0.25, 0.3) is 5.70 Å². The Morgan fingerprint density at radius 3 is 2.78 bits per heavy atom. The smallest absolute Gasteiger partial charge is 0.270 e. The van der Waals surface area contributed by atoms with Crippen molar-refractivity contribution in [2.75, 3.05) is 12.9 Å². The van der Waals surface area contributed by atoms with Crippen molar-refractivity contribution in [1.29, 1.82) is 0 Å². The first-order chi connectivity index (χ1) is 8.37. The van der Waals surface area contributed by atoms with E-state index in [2.05, 4.69) is 4.72 Å². The highest BCUT2D eigenvalue weighted by molar-refractivity contribution is 7.89. The Bertz CT molecular complexity index is 636. The Kier molecular flexibility index (Phi) is 2.95. The lowest BCUT2D eigenvalue weighted by Crippen LogP contribution is -2.23. The zero-order valence-corrected chi connectivity index (χ0v) is 10.2. The maximum atomic E-state index is 11.2. The number of hydrogen-bond donors (Lipinski definition) is 1. The number of non-ortho nitro benzene ring substituents is 1. The minimum absolute atomic E-state index is 0.125. The van der Waals surface area contributed by atoms with Crippen LogP contribution in [0.15, 0.2) is 24.3 Å². The van der Waals surface area contributed by atoms with Crippen LogP contribution >= 0.6 is 0 Å². The molecule has 0 fully saturated rings. The predicted molar refractivity (Wildman–Crippen MR) is 64.5 cm³/mol. The van der Waals surface area contributed by atoms with Gasteiger partial charge >= 0.3 is 0 Å². The van der Waals surface area contributed by atoms with E-state index in [0.29, 0.717) is 17.0 Å². The lowest BCUT2D eigenvalue weighted by molar-refractivity contribution is -0.384. The number of nitrogens with one attached hydrogen (secondary N) is 1. The first kappa shape index (κ1) is 12.4. The summed E-state index contributed by atoms with van der Waals surface area (Å²) in [6.07, 6.45) is 2.54. The van der Waals surface area contributed by atoms with Crippen LogP contribution in [0, 0.1) is 10.1 Å². The third-order valence-corrected chi connectivity index (χ3v) is 2.88. The van der Waals surface area contributed by atoms with Gasteiger partial charge in [-0.25, -0.2) is 8.42 Å². The predicted octanol–water partition coefficient (Wildman–Crippen LogP) is 0.877. The number of sulfonamides is 1. The molecule has 0 spiro atoms. The third-order valence-electron chi connectivity index (χ3n) is 2.29. The SMILES string of the molecule is CS(=O)(=O)NC1=CCOc2ccc([N+](=O)[O-])cc21. The van der Waals surface area contributed by atoms with E-state index in [1.165, 1.54) is 24.3 Å². The molecule has 1 aromatic rings. The van der Waals surface area contributed by atoms with Crippen molar-refractivity contribution in [3.05, 3.63) is 40.0 Å². The maximum Gasteiger partial charge on any atom is 0.270 e. The second-order valence-electron chi connectivity index (χ2n) is 3.74. The molecule has 8 heteroatoms. The molecule has 0 saturated carbocycles. The molecule has 1 heterocycles. The molecule has 1 N–H and O–H groups in total. The summed E-state index contributed by atoms with van der Waals surface area (Å²) in [5.74, 6) is 0.411. The van der Waals surface area contributed by atoms with Gasteiger partial charge in [-0.05, 0) is 12.1 Å². The monoisotopic (exact) mass is 270 g/mol. The van der Waals surface area contributed by atoms with E-state index in [0.717, 1.165) is 6.26 Å². The Morgan fingerprint density at radius 1 is 1.44 bits per heavy atom. The van der Waals surface area contributed by atoms with Gasteiger partial charge in [0, 0.05) is 17.7 Å². The van der Waals surface area contributed by atoms with E-state index in [4.69, 9.17) is 4.74 Å². The number of nitro benzene ring substituents is 1. The van der Waals surface area contributed by atoms with Gasteiger partial charge in [0.05, 0.1) is 16.9 Å². The quantitative estimate of drug-likeness (QED) is 0.649. The van der Waals surface area contributed by atoms with Gasteiger partial charge in [-0.15, -0.1) is 0 Å². The molecule has 0 amide bonds. The minimum atomic E-state index is -3.44. The van der Waals surface area contributed by atoms with E-state index < -0.39 is 14.9 Å². The highest BCUT2D eigenvalue weighted by Gasteiger charge is 2.19. The largest absolute Gasteiger partial charge is 0.489 e. The zero-order chi connectivity index (χ0) is 13.3. The van der Waals surface area contributed by atoms with Gasteiger partial charge in [-0.1, -0.05) is 0 Å². The van der Waals surface area contributed by atoms with E-state index in [1.807, 2.05) is 0 Å². The molecule has 0 saturated heterocycles. The number of fused-ring (bicyclic) bond motifs is 1. The zero-order valence-electron chi connectivity index (χ0n) is 9.41. The van der Waals surface area contributed by atoms with Crippen molar-refractivity contribution in [3.8, 4) is 5.75 Å². The molecule has 18 heavy (non-hydrogen) atoms. The standard InChI is InChI=1S/C10H10N2O5S/c1-18(15,16)11-9-4-5-17-10-3-2-7(12(13)14)6-8(9)10/h2-4,6,11H,5H2,1H3. The molecule has 2 rings (SSSR count). The summed E-state index contributed by atoms with van der Waals surface area (Å²) in [7, 11) is -3.44. The molecule has 0 aromatic heterocycles. The van der Waals surface area contributed by atoms with Crippen molar-refractivity contribution in [2.24, 2.45) is 0 Å². The van der Waals surface area contributed by atoms with E-state index in [1.54, 1.807) is 0 Å². The molecule has 1 aromatic carbocycles. The van der Waals surface area contributed by atoms with Crippen LogP contribution in [0.4, 0.5) is 5.69 Å². The number of nitro groups is 1. The van der Waals surface area contributed by atoms with Crippen LogP contribution in [0.5, 0.6) is 5.75 Å². The normalized spacial score (nSPS) is 14.2. The number of hydrogen-bond acceptors (Lipinski definition) is 5. The van der Waals surface area contributed by atoms with Crippen molar-refractivity contribution < 1.29 is 18.1 Å². The average molecular weight is 270 g/mol. The van der Waals surface area contributed by atoms with Gasteiger partial charge < -0.3 is 4.74 Å². The Hall–Kier alpha value is -2.09. The fourth-order valence-electron chi connectivity index (χ4n) is 1.59. The Labute approximate surface area is 103 Å². The van der Waals surface area contributed by atoms with Crippen LogP contribution in [-0.2, 0) is 10.0 Å². The fourth-order valence-corrected chi connectivity index (χ4v) is 2.18. The molecule has 7 nitrogen and oxygen atoms in total. The minimum Gasteiger partial charge on any atom is -0.489 e. The van der Waals surface area contributed by atoms with Crippen LogP contribution < -0.4 is 9.46 Å². The van der Waals surface area contributed by atoms with Crippen molar-refractivity contribution >= 4 is 21.4 Å². The van der Waals surface area contributed by atoms with Crippen molar-refractivity contribution in [2.45, 2.75) is 0 Å². The molecule has 0 atom stereocenters. The van der Waals surface area contributed by atoms with Gasteiger partial charge in [-0.3, -0.25) is 14.8 Å². The number of ether oxygens (including phenoxy) is 1. The van der Waals surface area contributed by atoms with Gasteiger partial charge in [-0.2, -0.15) is 0 Å². The summed E-state index contributed by atoms with van der Waals surface area (Å²) >= 11 is 0. The molecule has 0 unspecified atom stereocenters. The lowest BCUT2D eigenvalue weighted by atomic mass is 10.1. The van der Waals surface area contributed by atoms with Crippen LogP contribution in [-0.4, -0.2) is 26.2 Å². The summed E-state index contributed by atoms with van der Waals surface area (Å²) in [5, 5.41) is 10.7. The molecule has 0 aliphatic carbocycles. The van der Waals surface area contributed by atoms with Crippen molar-refractivity contribution in [1.82, 2.24) is 4.72 Å². The van der Waals surface area contributed by atoms with Gasteiger partial charge in [0.2, 0.25) is 10.0 Å². The van der Waals surface area contributed by atoms with Crippen LogP contribution in [0.2, 0.25) is 0 Å². The summed E-state index contributed by atoms with van der Waals surface area (Å²) in [5.41, 5.74) is 0.531. The topological polar surface area (TPSA) is 98.5 Å². The van der Waals surface area contributed by atoms with Crippen LogP contribution in [0.3, 0.4) is 0 Å². The van der Waals surface area contributed by atoms with Gasteiger partial charge in [0.15, 0.2) is 0 Å². The molecule has 1 aliphatic heterocycles. The summed E-state index contributed by atoms with van der Waals surface area (Å²) in [6, 6.07) is 4.03. The summed E-state index contributed by atoms with van der Waals surface area (Å²) in [6.45, 7) is 0.211. The number of rotatable bonds is 3. The molecule has 1 aliphatic rings. The second-order valence-corrected chi connectivity index (χ2v) is 5.49. The first-order valence-corrected chi connectivity index (χ1v) is 6.85. The highest BCUT2D eigenvalue weighted by atomic mass is 32.2. The molecule has 0 bridgehead atoms. The van der Waals surface area contributed by atoms with E-state index >= 15 is 0 Å². The van der Waals surface area contributed by atoms with Crippen molar-refractivity contribution in [3.63, 3.8) is 0 Å². The number of benzene rings is 1. The highest BCUT2D eigenvalue weighted by Crippen LogP contribution is 2.31. The van der Waals surface area contributed by atoms with Crippen LogP contribution in [0.1, 0.15) is 5.56 Å². The van der Waals surface area contributed by atoms with Gasteiger partial charge in [0.1, 0.15) is 12.4 Å². The Morgan fingerprint density at radius 2 is 2.17 bits per heavy atom. The van der Waals surface area contributed by atoms with E-state index in [9.17, 15) is 18.5 Å². The molecule has 96 valence electrons. The first-order valence-electron chi connectivity index (χ1n) is 4.96. The molecule has 0 radical (unpaired) electrons. The lowest BCUT2D eigenvalue weighted by Gasteiger charge is -2.18. The summed E-state index contributed by atoms with van der Waals surface area (Å²) < 4.78 is 30.0. The fraction of sp³-hybridized carbons (Fsp3) is 0.200.